The summed E-state index contributed by atoms with van der Waals surface area (Å²) in [5.74, 6) is -3.55. The fraction of sp³-hybridized carbons (Fsp3) is 0.125. The number of aromatic carboxylic acids is 1. The van der Waals surface area contributed by atoms with Crippen LogP contribution in [0.1, 0.15) is 24.5 Å². The molecule has 0 bridgehead atoms. The van der Waals surface area contributed by atoms with E-state index in [1.54, 1.807) is 0 Å². The second kappa shape index (κ2) is 5.68. The van der Waals surface area contributed by atoms with E-state index in [0.717, 1.165) is 18.2 Å². The van der Waals surface area contributed by atoms with Gasteiger partial charge in [-0.3, -0.25) is 4.40 Å². The number of halogens is 2. The van der Waals surface area contributed by atoms with Crippen LogP contribution in [0.3, 0.4) is 0 Å². The number of pyridine rings is 1. The Balaban J connectivity index is 2.12. The summed E-state index contributed by atoms with van der Waals surface area (Å²) >= 11 is 0. The number of aromatic nitrogens is 2. The van der Waals surface area contributed by atoms with Gasteiger partial charge in [0.15, 0.2) is 17.1 Å². The highest BCUT2D eigenvalue weighted by atomic mass is 19.1. The zero-order valence-electron chi connectivity index (χ0n) is 13.9. The molecular weight excluding hydrogens is 306 g/mol. The number of benzene rings is 1. The molecule has 0 saturated carbocycles. The van der Waals surface area contributed by atoms with Gasteiger partial charge < -0.3 is 9.84 Å². The van der Waals surface area contributed by atoms with Crippen LogP contribution < -0.4 is 4.74 Å². The minimum atomic E-state index is -2.83. The fourth-order valence-corrected chi connectivity index (χ4v) is 2.19. The summed E-state index contributed by atoms with van der Waals surface area (Å²) in [6, 6.07) is 5.71. The van der Waals surface area contributed by atoms with E-state index in [1.165, 1.54) is 29.7 Å². The van der Waals surface area contributed by atoms with Crippen molar-refractivity contribution in [2.45, 2.75) is 13.5 Å². The Bertz CT molecular complexity index is 969. The number of carboxylic acid groups (broad SMARTS) is 1. The van der Waals surface area contributed by atoms with Crippen molar-refractivity contribution in [2.24, 2.45) is 0 Å². The van der Waals surface area contributed by atoms with Crippen molar-refractivity contribution in [2.75, 3.05) is 0 Å². The number of aryl methyl sites for hydroxylation is 1. The van der Waals surface area contributed by atoms with E-state index in [4.69, 9.17) is 7.48 Å². The van der Waals surface area contributed by atoms with Gasteiger partial charge in [0.25, 0.3) is 0 Å². The molecule has 23 heavy (non-hydrogen) atoms. The number of carbonyl (C=O) groups is 1. The van der Waals surface area contributed by atoms with Gasteiger partial charge in [0.1, 0.15) is 18.2 Å². The number of hydrogen-bond donors (Lipinski definition) is 1. The zero-order chi connectivity index (χ0) is 18.4. The molecule has 7 heteroatoms. The number of rotatable bonds is 4. The third-order valence-corrected chi connectivity index (χ3v) is 3.22. The zero-order valence-corrected chi connectivity index (χ0v) is 11.9. The maximum atomic E-state index is 13.9. The minimum absolute atomic E-state index is 0.0259. The molecule has 0 unspecified atom stereocenters. The van der Waals surface area contributed by atoms with Gasteiger partial charge in [0, 0.05) is 6.20 Å². The molecule has 2 heterocycles. The van der Waals surface area contributed by atoms with Crippen LogP contribution in [0, 0.1) is 18.6 Å². The van der Waals surface area contributed by atoms with Crippen LogP contribution in [-0.2, 0) is 6.56 Å². The summed E-state index contributed by atoms with van der Waals surface area (Å²) in [6.45, 7) is -1.36. The van der Waals surface area contributed by atoms with E-state index in [9.17, 15) is 18.7 Å². The Hall–Kier alpha value is -2.96. The van der Waals surface area contributed by atoms with E-state index in [-0.39, 0.29) is 22.8 Å². The lowest BCUT2D eigenvalue weighted by atomic mass is 10.2. The summed E-state index contributed by atoms with van der Waals surface area (Å²) < 4.78 is 50.0. The van der Waals surface area contributed by atoms with Gasteiger partial charge in [0.05, 0.1) is 14.0 Å². The van der Waals surface area contributed by atoms with Crippen LogP contribution in [-0.4, -0.2) is 20.5 Å². The highest BCUT2D eigenvalue weighted by Crippen LogP contribution is 2.24. The number of nitrogens with zero attached hydrogens (tertiary/aromatic N) is 2. The molecule has 0 aliphatic rings. The average Bonchev–Trinajstić information content (AvgIpc) is 2.83. The number of imidazole rings is 1. The van der Waals surface area contributed by atoms with Crippen molar-refractivity contribution >= 4 is 11.6 Å². The van der Waals surface area contributed by atoms with Crippen molar-refractivity contribution in [1.82, 2.24) is 9.38 Å². The molecule has 1 aromatic carbocycles. The van der Waals surface area contributed by atoms with Gasteiger partial charge in [0.2, 0.25) is 0 Å². The Morgan fingerprint density at radius 3 is 2.70 bits per heavy atom. The van der Waals surface area contributed by atoms with Gasteiger partial charge in [-0.2, -0.15) is 0 Å². The Kier molecular flexibility index (Phi) is 3.10. The molecule has 2 aromatic heterocycles. The predicted octanol–water partition coefficient (Wildman–Crippen LogP) is 3.20. The van der Waals surface area contributed by atoms with Crippen molar-refractivity contribution in [3.05, 3.63) is 65.1 Å². The lowest BCUT2D eigenvalue weighted by Gasteiger charge is -2.09. The predicted molar refractivity (Wildman–Crippen MR) is 77.6 cm³/mol. The van der Waals surface area contributed by atoms with Crippen LogP contribution in [0.2, 0.25) is 0 Å². The highest BCUT2D eigenvalue weighted by molar-refractivity contribution is 5.88. The molecule has 5 nitrogen and oxygen atoms in total. The standard InChI is InChI=1S/C16H12F2N2O3/c1-9-14(16(21)22)20-7-3-6-13(15(20)19-9)23-8-10-11(17)4-2-5-12(10)18/h2-7H,8H2,1H3,(H,21,22)/i8D2. The van der Waals surface area contributed by atoms with E-state index in [2.05, 4.69) is 4.98 Å². The maximum absolute atomic E-state index is 13.9. The Labute approximate surface area is 132 Å². The first-order chi connectivity index (χ1) is 11.7. The lowest BCUT2D eigenvalue weighted by molar-refractivity contribution is 0.0688. The second-order valence-corrected chi connectivity index (χ2v) is 4.72. The molecule has 0 spiro atoms. The van der Waals surface area contributed by atoms with Crippen molar-refractivity contribution in [1.29, 1.82) is 0 Å². The number of fused-ring (bicyclic) bond motifs is 1. The summed E-state index contributed by atoms with van der Waals surface area (Å²) in [6.07, 6.45) is 1.42. The topological polar surface area (TPSA) is 63.8 Å². The molecule has 0 fully saturated rings. The molecule has 3 rings (SSSR count). The van der Waals surface area contributed by atoms with Crippen molar-refractivity contribution in [3.8, 4) is 5.75 Å². The molecule has 118 valence electrons. The number of ether oxygens (including phenoxy) is 1. The summed E-state index contributed by atoms with van der Waals surface area (Å²) in [7, 11) is 0. The van der Waals surface area contributed by atoms with Crippen LogP contribution in [0.25, 0.3) is 5.65 Å². The van der Waals surface area contributed by atoms with Crippen molar-refractivity contribution < 1.29 is 26.2 Å². The molecule has 0 amide bonds. The Morgan fingerprint density at radius 1 is 1.35 bits per heavy atom. The van der Waals surface area contributed by atoms with E-state index in [1.807, 2.05) is 0 Å². The number of carboxylic acids is 1. The Morgan fingerprint density at radius 2 is 2.04 bits per heavy atom. The first-order valence-corrected chi connectivity index (χ1v) is 6.57. The molecule has 0 aliphatic heterocycles. The summed E-state index contributed by atoms with van der Waals surface area (Å²) in [4.78, 5) is 15.4. The lowest BCUT2D eigenvalue weighted by Crippen LogP contribution is -2.05. The van der Waals surface area contributed by atoms with Crippen LogP contribution in [0.5, 0.6) is 5.75 Å². The largest absolute Gasteiger partial charge is 0.485 e. The van der Waals surface area contributed by atoms with Gasteiger partial charge in [-0.05, 0) is 31.2 Å². The monoisotopic (exact) mass is 320 g/mol. The first-order valence-electron chi connectivity index (χ1n) is 7.57. The molecule has 0 radical (unpaired) electrons. The van der Waals surface area contributed by atoms with Crippen molar-refractivity contribution in [3.63, 3.8) is 0 Å². The summed E-state index contributed by atoms with van der Waals surface area (Å²) in [5, 5.41) is 9.25. The van der Waals surface area contributed by atoms with Gasteiger partial charge >= 0.3 is 5.97 Å². The quantitative estimate of drug-likeness (QED) is 0.802. The van der Waals surface area contributed by atoms with Crippen LogP contribution >= 0.6 is 0 Å². The van der Waals surface area contributed by atoms with Crippen LogP contribution in [0.15, 0.2) is 36.5 Å². The molecule has 0 saturated heterocycles. The molecule has 0 aliphatic carbocycles. The molecule has 0 atom stereocenters. The normalized spacial score (nSPS) is 12.8. The molecule has 1 N–H and O–H groups in total. The maximum Gasteiger partial charge on any atom is 0.354 e. The second-order valence-electron chi connectivity index (χ2n) is 4.72. The minimum Gasteiger partial charge on any atom is -0.485 e. The van der Waals surface area contributed by atoms with E-state index < -0.39 is 29.7 Å². The molecular formula is C16H12F2N2O3. The molecule has 3 aromatic rings. The SMILES string of the molecule is [2H]C([2H])(Oc1cccn2c(C(=O)O)c(C)nc12)c1c(F)cccc1F. The third-order valence-electron chi connectivity index (χ3n) is 3.22. The fourth-order valence-electron chi connectivity index (χ4n) is 2.19. The smallest absolute Gasteiger partial charge is 0.354 e. The number of hydrogen-bond acceptors (Lipinski definition) is 3. The average molecular weight is 320 g/mol. The van der Waals surface area contributed by atoms with E-state index >= 15 is 0 Å². The van der Waals surface area contributed by atoms with E-state index in [0.29, 0.717) is 0 Å². The van der Waals surface area contributed by atoms with Crippen LogP contribution in [0.4, 0.5) is 8.78 Å². The summed E-state index contributed by atoms with van der Waals surface area (Å²) in [5.41, 5.74) is -0.768. The highest BCUT2D eigenvalue weighted by Gasteiger charge is 2.18. The first kappa shape index (κ1) is 12.6. The third kappa shape index (κ3) is 2.61. The van der Waals surface area contributed by atoms with Gasteiger partial charge in [-0.1, -0.05) is 6.07 Å². The van der Waals surface area contributed by atoms with Gasteiger partial charge in [-0.25, -0.2) is 18.6 Å². The van der Waals surface area contributed by atoms with Gasteiger partial charge in [-0.15, -0.1) is 0 Å².